The minimum atomic E-state index is -0.223. The van der Waals surface area contributed by atoms with Gasteiger partial charge in [-0.25, -0.2) is 4.98 Å². The van der Waals surface area contributed by atoms with E-state index in [1.54, 1.807) is 38.5 Å². The lowest BCUT2D eigenvalue weighted by molar-refractivity contribution is -0.113. The molecule has 1 heterocycles. The largest absolute Gasteiger partial charge is 0.493 e. The average Bonchev–Trinajstić information content (AvgIpc) is 2.93. The summed E-state index contributed by atoms with van der Waals surface area (Å²) in [7, 11) is 3.14. The van der Waals surface area contributed by atoms with Crippen LogP contribution in [0.2, 0.25) is 5.02 Å². The number of hydrogen-bond donors (Lipinski definition) is 1. The van der Waals surface area contributed by atoms with E-state index in [0.717, 1.165) is 22.3 Å². The molecule has 1 aromatic heterocycles. The molecule has 0 fully saturated rings. The minimum Gasteiger partial charge on any atom is -0.493 e. The molecule has 192 valence electrons. The first kappa shape index (κ1) is 27.1. The Balaban J connectivity index is 1.74. The Kier molecular flexibility index (Phi) is 8.57. The fourth-order valence-corrected chi connectivity index (χ4v) is 4.88. The molecular weight excluding hydrogens is 518 g/mol. The van der Waals surface area contributed by atoms with Crippen LogP contribution in [0.15, 0.2) is 71.8 Å². The van der Waals surface area contributed by atoms with Gasteiger partial charge < -0.3 is 14.8 Å². The lowest BCUT2D eigenvalue weighted by Gasteiger charge is -2.15. The van der Waals surface area contributed by atoms with Crippen LogP contribution in [0.5, 0.6) is 11.5 Å². The molecular formula is C30H26ClN3O3S. The number of nitriles is 1. The number of carbonyl (C=O) groups excluding carboxylic acids is 1. The van der Waals surface area contributed by atoms with Gasteiger partial charge in [0.25, 0.3) is 0 Å². The molecule has 1 amide bonds. The maximum Gasteiger partial charge on any atom is 0.234 e. The van der Waals surface area contributed by atoms with Crippen LogP contribution in [-0.2, 0) is 4.79 Å². The molecule has 0 atom stereocenters. The Morgan fingerprint density at radius 1 is 1.00 bits per heavy atom. The Hall–Kier alpha value is -3.99. The van der Waals surface area contributed by atoms with Gasteiger partial charge in [-0.1, -0.05) is 65.3 Å². The summed E-state index contributed by atoms with van der Waals surface area (Å²) in [5, 5.41) is 14.1. The van der Waals surface area contributed by atoms with Gasteiger partial charge in [0.1, 0.15) is 11.1 Å². The highest BCUT2D eigenvalue weighted by molar-refractivity contribution is 8.00. The molecule has 0 aliphatic rings. The van der Waals surface area contributed by atoms with E-state index in [4.69, 9.17) is 26.1 Å². The van der Waals surface area contributed by atoms with Crippen LogP contribution >= 0.6 is 23.4 Å². The Bertz CT molecular complexity index is 1530. The smallest absolute Gasteiger partial charge is 0.234 e. The van der Waals surface area contributed by atoms with Crippen molar-refractivity contribution in [3.8, 4) is 40.0 Å². The minimum absolute atomic E-state index is 0.0658. The molecule has 0 radical (unpaired) electrons. The summed E-state index contributed by atoms with van der Waals surface area (Å²) >= 11 is 7.40. The fourth-order valence-electron chi connectivity index (χ4n) is 3.90. The highest BCUT2D eigenvalue weighted by Gasteiger charge is 2.19. The highest BCUT2D eigenvalue weighted by Crippen LogP contribution is 2.38. The first-order valence-corrected chi connectivity index (χ1v) is 13.1. The number of aromatic nitrogens is 1. The number of benzene rings is 3. The number of rotatable bonds is 8. The van der Waals surface area contributed by atoms with Crippen molar-refractivity contribution in [3.63, 3.8) is 0 Å². The van der Waals surface area contributed by atoms with Gasteiger partial charge in [0, 0.05) is 21.8 Å². The maximum absolute atomic E-state index is 12.8. The second kappa shape index (κ2) is 12.0. The summed E-state index contributed by atoms with van der Waals surface area (Å²) < 4.78 is 10.9. The molecule has 0 saturated carbocycles. The van der Waals surface area contributed by atoms with Gasteiger partial charge in [-0.3, -0.25) is 4.79 Å². The first-order valence-electron chi connectivity index (χ1n) is 11.8. The number of halogens is 1. The van der Waals surface area contributed by atoms with Crippen molar-refractivity contribution in [1.29, 1.82) is 5.26 Å². The Morgan fingerprint density at radius 3 is 2.39 bits per heavy atom. The number of amides is 1. The molecule has 0 bridgehead atoms. The zero-order valence-electron chi connectivity index (χ0n) is 21.5. The number of nitrogens with zero attached hydrogens (tertiary/aromatic N) is 2. The molecule has 0 aliphatic heterocycles. The lowest BCUT2D eigenvalue weighted by Crippen LogP contribution is -2.15. The first-order chi connectivity index (χ1) is 18.3. The second-order valence-corrected chi connectivity index (χ2v) is 9.90. The van der Waals surface area contributed by atoms with Crippen LogP contribution in [0.4, 0.5) is 5.69 Å². The normalized spacial score (nSPS) is 10.5. The summed E-state index contributed by atoms with van der Waals surface area (Å²) in [4.78, 5) is 17.6. The van der Waals surface area contributed by atoms with E-state index >= 15 is 0 Å². The van der Waals surface area contributed by atoms with Crippen molar-refractivity contribution in [2.24, 2.45) is 0 Å². The molecule has 0 unspecified atom stereocenters. The number of methoxy groups -OCH3 is 2. The monoisotopic (exact) mass is 543 g/mol. The number of pyridine rings is 1. The quantitative estimate of drug-likeness (QED) is 0.235. The van der Waals surface area contributed by atoms with E-state index in [0.29, 0.717) is 44.1 Å². The number of thioether (sulfide) groups is 1. The van der Waals surface area contributed by atoms with Crippen molar-refractivity contribution in [2.45, 2.75) is 18.9 Å². The summed E-state index contributed by atoms with van der Waals surface area (Å²) in [6.45, 7) is 3.87. The molecule has 8 heteroatoms. The maximum atomic E-state index is 12.8. The van der Waals surface area contributed by atoms with E-state index in [9.17, 15) is 10.1 Å². The lowest BCUT2D eigenvalue weighted by atomic mass is 9.98. The molecule has 4 rings (SSSR count). The Morgan fingerprint density at radius 2 is 1.71 bits per heavy atom. The number of aryl methyl sites for hydroxylation is 1. The number of anilines is 1. The molecule has 0 saturated heterocycles. The van der Waals surface area contributed by atoms with Crippen molar-refractivity contribution >= 4 is 35.0 Å². The summed E-state index contributed by atoms with van der Waals surface area (Å²) in [6, 6.07) is 23.1. The van der Waals surface area contributed by atoms with Crippen LogP contribution in [-0.4, -0.2) is 30.9 Å². The van der Waals surface area contributed by atoms with Gasteiger partial charge in [-0.05, 0) is 55.3 Å². The zero-order valence-corrected chi connectivity index (χ0v) is 23.0. The van der Waals surface area contributed by atoms with Gasteiger partial charge in [0.05, 0.1) is 31.2 Å². The molecule has 6 nitrogen and oxygen atoms in total. The summed E-state index contributed by atoms with van der Waals surface area (Å²) in [5.74, 6) is 0.980. The zero-order chi connectivity index (χ0) is 27.2. The third-order valence-corrected chi connectivity index (χ3v) is 7.41. The van der Waals surface area contributed by atoms with Crippen molar-refractivity contribution in [1.82, 2.24) is 4.98 Å². The van der Waals surface area contributed by atoms with Crippen LogP contribution in [0, 0.1) is 25.2 Å². The van der Waals surface area contributed by atoms with Crippen LogP contribution < -0.4 is 14.8 Å². The number of nitrogens with one attached hydrogen (secondary N) is 1. The van der Waals surface area contributed by atoms with Crippen molar-refractivity contribution < 1.29 is 14.3 Å². The number of hydrogen-bond acceptors (Lipinski definition) is 6. The van der Waals surface area contributed by atoms with E-state index in [-0.39, 0.29) is 11.7 Å². The van der Waals surface area contributed by atoms with Gasteiger partial charge in [-0.2, -0.15) is 5.26 Å². The molecule has 4 aromatic rings. The standard InChI is InChI=1S/C30H26ClN3O3S/c1-18-8-10-20(11-9-18)26-15-22(21-12-13-27(36-3)28(14-21)37-4)23(16-32)30(34-26)38-17-29(35)33-25-7-5-6-24(31)19(25)2/h5-15H,17H2,1-4H3,(H,33,35). The van der Waals surface area contributed by atoms with Crippen molar-refractivity contribution in [2.75, 3.05) is 25.3 Å². The van der Waals surface area contributed by atoms with Gasteiger partial charge in [0.15, 0.2) is 11.5 Å². The van der Waals surface area contributed by atoms with Gasteiger partial charge in [-0.15, -0.1) is 0 Å². The molecule has 38 heavy (non-hydrogen) atoms. The predicted octanol–water partition coefficient (Wildman–Crippen LogP) is 7.31. The summed E-state index contributed by atoms with van der Waals surface area (Å²) in [6.07, 6.45) is 0. The highest BCUT2D eigenvalue weighted by atomic mass is 35.5. The van der Waals surface area contributed by atoms with Crippen LogP contribution in [0.1, 0.15) is 16.7 Å². The second-order valence-electron chi connectivity index (χ2n) is 8.53. The van der Waals surface area contributed by atoms with Gasteiger partial charge in [0.2, 0.25) is 5.91 Å². The molecule has 3 aromatic carbocycles. The number of carbonyl (C=O) groups is 1. The van der Waals surface area contributed by atoms with Crippen LogP contribution in [0.3, 0.4) is 0 Å². The fraction of sp³-hybridized carbons (Fsp3) is 0.167. The van der Waals surface area contributed by atoms with E-state index < -0.39 is 0 Å². The van der Waals surface area contributed by atoms with E-state index in [1.165, 1.54) is 11.8 Å². The average molecular weight is 544 g/mol. The number of ether oxygens (including phenoxy) is 2. The van der Waals surface area contributed by atoms with Gasteiger partial charge >= 0.3 is 0 Å². The summed E-state index contributed by atoms with van der Waals surface area (Å²) in [5.41, 5.74) is 6.01. The topological polar surface area (TPSA) is 84.2 Å². The third kappa shape index (κ3) is 5.94. The molecule has 1 N–H and O–H groups in total. The van der Waals surface area contributed by atoms with E-state index in [2.05, 4.69) is 11.4 Å². The third-order valence-electron chi connectivity index (χ3n) is 6.02. The molecule has 0 aliphatic carbocycles. The predicted molar refractivity (Wildman–Crippen MR) is 153 cm³/mol. The van der Waals surface area contributed by atoms with E-state index in [1.807, 2.05) is 56.3 Å². The van der Waals surface area contributed by atoms with Crippen LogP contribution in [0.25, 0.3) is 22.4 Å². The SMILES string of the molecule is COc1ccc(-c2cc(-c3ccc(C)cc3)nc(SCC(=O)Nc3cccc(Cl)c3C)c2C#N)cc1OC. The molecule has 0 spiro atoms. The Labute approximate surface area is 231 Å². The van der Waals surface area contributed by atoms with Crippen molar-refractivity contribution in [3.05, 3.63) is 88.4 Å².